The summed E-state index contributed by atoms with van der Waals surface area (Å²) in [6, 6.07) is 9.91. The highest BCUT2D eigenvalue weighted by Crippen LogP contribution is 2.39. The Morgan fingerprint density at radius 2 is 1.89 bits per heavy atom. The number of hydrogen-bond acceptors (Lipinski definition) is 6. The summed E-state index contributed by atoms with van der Waals surface area (Å²) in [5, 5.41) is 0. The lowest BCUT2D eigenvalue weighted by Gasteiger charge is -2.29. The van der Waals surface area contributed by atoms with Crippen molar-refractivity contribution in [2.45, 2.75) is 71.8 Å². The third-order valence-electron chi connectivity index (χ3n) is 7.09. The van der Waals surface area contributed by atoms with Crippen molar-refractivity contribution in [1.29, 1.82) is 0 Å². The molecule has 1 aromatic carbocycles. The van der Waals surface area contributed by atoms with Crippen LogP contribution < -0.4 is 10.3 Å². The monoisotopic (exact) mass is 533 g/mol. The molecule has 3 heterocycles. The molecule has 2 fully saturated rings. The maximum absolute atomic E-state index is 13.8. The van der Waals surface area contributed by atoms with Gasteiger partial charge in [0.05, 0.1) is 4.91 Å². The van der Waals surface area contributed by atoms with Crippen LogP contribution in [0.2, 0.25) is 0 Å². The molecule has 0 bridgehead atoms. The molecular weight excluding hydrogens is 502 g/mol. The van der Waals surface area contributed by atoms with Gasteiger partial charge < -0.3 is 4.74 Å². The Morgan fingerprint density at radius 1 is 1.14 bits per heavy atom. The fourth-order valence-corrected chi connectivity index (χ4v) is 6.45. The van der Waals surface area contributed by atoms with E-state index in [1.807, 2.05) is 44.2 Å². The van der Waals surface area contributed by atoms with E-state index in [2.05, 4.69) is 13.8 Å². The third kappa shape index (κ3) is 4.97. The molecule has 8 heteroatoms. The third-order valence-corrected chi connectivity index (χ3v) is 8.42. The summed E-state index contributed by atoms with van der Waals surface area (Å²) in [5.41, 5.74) is 3.39. The van der Waals surface area contributed by atoms with Crippen molar-refractivity contribution < 1.29 is 9.53 Å². The fraction of sp³-hybridized carbons (Fsp3) is 0.379. The minimum absolute atomic E-state index is 0.127. The van der Waals surface area contributed by atoms with Gasteiger partial charge in [-0.15, -0.1) is 0 Å². The second kappa shape index (κ2) is 10.4. The molecule has 1 aliphatic heterocycles. The first-order valence-electron chi connectivity index (χ1n) is 12.8. The molecule has 6 nitrogen and oxygen atoms in total. The van der Waals surface area contributed by atoms with Crippen LogP contribution in [0.1, 0.15) is 74.1 Å². The predicted molar refractivity (Wildman–Crippen MR) is 153 cm³/mol. The Morgan fingerprint density at radius 3 is 2.62 bits per heavy atom. The van der Waals surface area contributed by atoms with Crippen LogP contribution in [-0.4, -0.2) is 30.6 Å². The molecule has 1 aliphatic carbocycles. The molecule has 2 aliphatic rings. The molecule has 37 heavy (non-hydrogen) atoms. The Kier molecular flexibility index (Phi) is 7.23. The van der Waals surface area contributed by atoms with E-state index in [0.717, 1.165) is 42.4 Å². The zero-order chi connectivity index (χ0) is 26.3. The molecule has 1 saturated carbocycles. The van der Waals surface area contributed by atoms with E-state index in [1.54, 1.807) is 17.2 Å². The highest BCUT2D eigenvalue weighted by atomic mass is 32.2. The minimum Gasteiger partial charge on any atom is -0.438 e. The molecule has 5 rings (SSSR count). The van der Waals surface area contributed by atoms with E-state index >= 15 is 0 Å². The zero-order valence-electron chi connectivity index (χ0n) is 21.6. The standard InChI is InChI=1S/C29H31N3O3S2/c1-17(2)21-13-12-18(3)15-23(21)35-26-22(27(33)31-14-8-9-19(4)25(31)30-26)16-24-28(34)32(29(36)37-24)20-10-6-5-7-11-20/h8-9,12-17,20H,5-7,10-11H2,1-4H3/b24-16+. The van der Waals surface area contributed by atoms with Crippen LogP contribution in [0.5, 0.6) is 11.6 Å². The lowest BCUT2D eigenvalue weighted by molar-refractivity contribution is -0.124. The van der Waals surface area contributed by atoms with Gasteiger partial charge >= 0.3 is 0 Å². The number of thioether (sulfide) groups is 1. The van der Waals surface area contributed by atoms with E-state index in [-0.39, 0.29) is 34.9 Å². The number of fused-ring (bicyclic) bond motifs is 1. The normalized spacial score (nSPS) is 18.0. The average Bonchev–Trinajstić information content (AvgIpc) is 3.15. The summed E-state index contributed by atoms with van der Waals surface area (Å²) in [5.74, 6) is 0.924. The smallest absolute Gasteiger partial charge is 0.269 e. The Bertz CT molecular complexity index is 1490. The number of nitrogens with zero attached hydrogens (tertiary/aromatic N) is 3. The maximum atomic E-state index is 13.8. The largest absolute Gasteiger partial charge is 0.438 e. The summed E-state index contributed by atoms with van der Waals surface area (Å²) in [6.45, 7) is 8.11. The van der Waals surface area contributed by atoms with E-state index in [4.69, 9.17) is 21.9 Å². The second-order valence-electron chi connectivity index (χ2n) is 10.2. The molecule has 1 amide bonds. The van der Waals surface area contributed by atoms with Crippen LogP contribution in [0.3, 0.4) is 0 Å². The summed E-state index contributed by atoms with van der Waals surface area (Å²) in [4.78, 5) is 34.2. The maximum Gasteiger partial charge on any atom is 0.269 e. The van der Waals surface area contributed by atoms with Gasteiger partial charge in [-0.25, -0.2) is 0 Å². The molecule has 0 spiro atoms. The van der Waals surface area contributed by atoms with Crippen LogP contribution in [0.4, 0.5) is 0 Å². The lowest BCUT2D eigenvalue weighted by atomic mass is 9.94. The number of rotatable bonds is 5. The number of benzene rings is 1. The van der Waals surface area contributed by atoms with Gasteiger partial charge in [-0.1, -0.05) is 75.3 Å². The number of amides is 1. The van der Waals surface area contributed by atoms with Crippen LogP contribution in [0, 0.1) is 13.8 Å². The number of carbonyl (C=O) groups is 1. The van der Waals surface area contributed by atoms with E-state index in [1.165, 1.54) is 22.6 Å². The summed E-state index contributed by atoms with van der Waals surface area (Å²) in [7, 11) is 0. The second-order valence-corrected chi connectivity index (χ2v) is 11.8. The van der Waals surface area contributed by atoms with Crippen molar-refractivity contribution in [2.75, 3.05) is 0 Å². The van der Waals surface area contributed by atoms with Crippen LogP contribution in [0.25, 0.3) is 11.7 Å². The van der Waals surface area contributed by atoms with Gasteiger partial charge in [0.25, 0.3) is 11.5 Å². The quantitative estimate of drug-likeness (QED) is 0.267. The highest BCUT2D eigenvalue weighted by molar-refractivity contribution is 8.26. The molecule has 0 N–H and O–H groups in total. The van der Waals surface area contributed by atoms with E-state index in [9.17, 15) is 9.59 Å². The Labute approximate surface area is 226 Å². The topological polar surface area (TPSA) is 63.9 Å². The molecule has 0 radical (unpaired) electrons. The molecule has 192 valence electrons. The summed E-state index contributed by atoms with van der Waals surface area (Å²) in [6.07, 6.45) is 8.62. The van der Waals surface area contributed by atoms with Crippen LogP contribution >= 0.6 is 24.0 Å². The van der Waals surface area contributed by atoms with Crippen molar-refractivity contribution >= 4 is 45.9 Å². The first-order chi connectivity index (χ1) is 17.7. The van der Waals surface area contributed by atoms with Gasteiger partial charge in [0.1, 0.15) is 21.3 Å². The summed E-state index contributed by atoms with van der Waals surface area (Å²) >= 11 is 6.86. The molecule has 2 aromatic heterocycles. The van der Waals surface area contributed by atoms with Crippen molar-refractivity contribution in [1.82, 2.24) is 14.3 Å². The van der Waals surface area contributed by atoms with Gasteiger partial charge in [0.15, 0.2) is 0 Å². The molecule has 0 atom stereocenters. The fourth-order valence-electron chi connectivity index (χ4n) is 5.07. The molecule has 1 saturated heterocycles. The molecule has 3 aromatic rings. The number of pyridine rings is 1. The number of aryl methyl sites for hydroxylation is 2. The van der Waals surface area contributed by atoms with Gasteiger partial charge in [0, 0.05) is 12.2 Å². The van der Waals surface area contributed by atoms with Gasteiger partial charge in [-0.2, -0.15) is 4.98 Å². The van der Waals surface area contributed by atoms with Crippen molar-refractivity contribution in [3.05, 3.63) is 74.0 Å². The van der Waals surface area contributed by atoms with E-state index in [0.29, 0.717) is 20.6 Å². The van der Waals surface area contributed by atoms with Gasteiger partial charge in [-0.3, -0.25) is 18.9 Å². The number of hydrogen-bond donors (Lipinski definition) is 0. The number of ether oxygens (including phenoxy) is 1. The SMILES string of the molecule is Cc1ccc(C(C)C)c(Oc2nc3c(C)cccn3c(=O)c2/C=C2/SC(=S)N(C3CCCCC3)C2=O)c1. The van der Waals surface area contributed by atoms with Crippen LogP contribution in [0.15, 0.2) is 46.2 Å². The van der Waals surface area contributed by atoms with Gasteiger partial charge in [-0.05, 0) is 67.5 Å². The zero-order valence-corrected chi connectivity index (χ0v) is 23.2. The molecular formula is C29H31N3O3S2. The number of thiocarbonyl (C=S) groups is 1. The highest BCUT2D eigenvalue weighted by Gasteiger charge is 2.38. The first-order valence-corrected chi connectivity index (χ1v) is 14.0. The summed E-state index contributed by atoms with van der Waals surface area (Å²) < 4.78 is 8.47. The van der Waals surface area contributed by atoms with Crippen molar-refractivity contribution in [3.8, 4) is 11.6 Å². The number of aromatic nitrogens is 2. The van der Waals surface area contributed by atoms with Crippen molar-refractivity contribution in [3.63, 3.8) is 0 Å². The van der Waals surface area contributed by atoms with E-state index < -0.39 is 0 Å². The predicted octanol–water partition coefficient (Wildman–Crippen LogP) is 6.76. The molecule has 0 unspecified atom stereocenters. The van der Waals surface area contributed by atoms with Crippen molar-refractivity contribution in [2.24, 2.45) is 0 Å². The Balaban J connectivity index is 1.64. The van der Waals surface area contributed by atoms with Gasteiger partial charge in [0.2, 0.25) is 5.88 Å². The van der Waals surface area contributed by atoms with Crippen LogP contribution in [-0.2, 0) is 4.79 Å². The average molecular weight is 534 g/mol. The number of carbonyl (C=O) groups excluding carboxylic acids is 1. The lowest BCUT2D eigenvalue weighted by Crippen LogP contribution is -2.39. The Hall–Kier alpha value is -2.97. The first kappa shape index (κ1) is 25.7. The minimum atomic E-state index is -0.287.